The molecule has 0 N–H and O–H groups in total. The van der Waals surface area contributed by atoms with E-state index in [1.54, 1.807) is 11.3 Å². The molecule has 0 unspecified atom stereocenters. The van der Waals surface area contributed by atoms with Gasteiger partial charge in [0.2, 0.25) is 0 Å². The van der Waals surface area contributed by atoms with Gasteiger partial charge in [0, 0.05) is 41.1 Å². The average molecular weight is 518 g/mol. The second-order valence-electron chi connectivity index (χ2n) is 7.81. The van der Waals surface area contributed by atoms with Crippen molar-refractivity contribution in [2.24, 2.45) is 0 Å². The Balaban J connectivity index is 1.38. The van der Waals surface area contributed by atoms with Crippen LogP contribution < -0.4 is 9.64 Å². The second kappa shape index (κ2) is 9.04. The topological polar surface area (TPSA) is 25.4 Å². The fourth-order valence-electron chi connectivity index (χ4n) is 3.88. The molecule has 0 saturated heterocycles. The zero-order valence-electron chi connectivity index (χ0n) is 17.2. The van der Waals surface area contributed by atoms with E-state index in [0.717, 1.165) is 28.8 Å². The molecule has 0 aliphatic heterocycles. The maximum absolute atomic E-state index is 6.07. The summed E-state index contributed by atoms with van der Waals surface area (Å²) in [6, 6.07) is 15.2. The fourth-order valence-corrected chi connectivity index (χ4v) is 5.76. The van der Waals surface area contributed by atoms with E-state index in [1.807, 2.05) is 0 Å². The Hall–Kier alpha value is -1.60. The van der Waals surface area contributed by atoms with Gasteiger partial charge in [-0.25, -0.2) is 4.98 Å². The zero-order chi connectivity index (χ0) is 20.4. The van der Waals surface area contributed by atoms with E-state index in [1.165, 1.54) is 44.5 Å². The van der Waals surface area contributed by atoms with Crippen LogP contribution in [0.4, 0.5) is 5.69 Å². The summed E-state index contributed by atoms with van der Waals surface area (Å²) in [6.07, 6.45) is 3.30. The summed E-state index contributed by atoms with van der Waals surface area (Å²) in [5.74, 6) is 1.72. The van der Waals surface area contributed by atoms with Gasteiger partial charge in [0.15, 0.2) is 0 Å². The van der Waals surface area contributed by atoms with Crippen molar-refractivity contribution in [2.75, 3.05) is 30.0 Å². The summed E-state index contributed by atoms with van der Waals surface area (Å²) in [6.45, 7) is 2.82. The Morgan fingerprint density at radius 3 is 2.69 bits per heavy atom. The van der Waals surface area contributed by atoms with Crippen LogP contribution in [0.2, 0.25) is 0 Å². The first-order valence-corrected chi connectivity index (χ1v) is 12.4. The highest BCUT2D eigenvalue weighted by Crippen LogP contribution is 2.36. The maximum atomic E-state index is 6.07. The van der Waals surface area contributed by atoms with Crippen molar-refractivity contribution in [3.05, 3.63) is 64.2 Å². The molecular formula is C24H27IN2OS. The number of halogens is 1. The van der Waals surface area contributed by atoms with E-state index in [0.29, 0.717) is 6.61 Å². The SMILES string of the molecule is Cc1sc(-c2ccc(N(C)C)cc2)nc1CCOc1ccc2c(c1)CC[C@H]2CI. The molecule has 3 aromatic rings. The van der Waals surface area contributed by atoms with Crippen LogP contribution in [0.25, 0.3) is 10.6 Å². The summed E-state index contributed by atoms with van der Waals surface area (Å²) in [5, 5.41) is 1.09. The van der Waals surface area contributed by atoms with E-state index < -0.39 is 0 Å². The minimum Gasteiger partial charge on any atom is -0.493 e. The number of hydrogen-bond donors (Lipinski definition) is 0. The van der Waals surface area contributed by atoms with Gasteiger partial charge in [-0.05, 0) is 73.2 Å². The normalized spacial score (nSPS) is 15.4. The number of hydrogen-bond acceptors (Lipinski definition) is 4. The summed E-state index contributed by atoms with van der Waals surface area (Å²) < 4.78 is 7.28. The van der Waals surface area contributed by atoms with Gasteiger partial charge in [-0.3, -0.25) is 0 Å². The molecule has 5 heteroatoms. The smallest absolute Gasteiger partial charge is 0.123 e. The summed E-state index contributed by atoms with van der Waals surface area (Å²) >= 11 is 4.26. The highest BCUT2D eigenvalue weighted by molar-refractivity contribution is 14.1. The quantitative estimate of drug-likeness (QED) is 0.272. The first kappa shape index (κ1) is 20.7. The van der Waals surface area contributed by atoms with Crippen molar-refractivity contribution in [1.82, 2.24) is 4.98 Å². The molecule has 0 saturated carbocycles. The van der Waals surface area contributed by atoms with Crippen LogP contribution in [-0.4, -0.2) is 30.1 Å². The highest BCUT2D eigenvalue weighted by Gasteiger charge is 2.21. The zero-order valence-corrected chi connectivity index (χ0v) is 20.2. The molecule has 4 rings (SSSR count). The number of rotatable bonds is 7. The standard InChI is InChI=1S/C24H27IN2OS/c1-16-23(26-24(29-16)17-6-8-20(9-7-17)27(2)3)12-13-28-21-10-11-22-18(14-21)4-5-19(22)15-25/h6-11,14,19H,4-5,12-13,15H2,1-3H3/t19-/m0/s1. The molecule has 0 bridgehead atoms. The lowest BCUT2D eigenvalue weighted by atomic mass is 10.0. The average Bonchev–Trinajstić information content (AvgIpc) is 3.31. The van der Waals surface area contributed by atoms with Crippen LogP contribution in [0.15, 0.2) is 42.5 Å². The fraction of sp³-hybridized carbons (Fsp3) is 0.375. The van der Waals surface area contributed by atoms with Crippen molar-refractivity contribution in [2.45, 2.75) is 32.1 Å². The highest BCUT2D eigenvalue weighted by atomic mass is 127. The van der Waals surface area contributed by atoms with Gasteiger partial charge < -0.3 is 9.64 Å². The third-order valence-electron chi connectivity index (χ3n) is 5.63. The van der Waals surface area contributed by atoms with Crippen molar-refractivity contribution >= 4 is 39.6 Å². The van der Waals surface area contributed by atoms with Crippen molar-refractivity contribution in [3.8, 4) is 16.3 Å². The van der Waals surface area contributed by atoms with Gasteiger partial charge in [-0.1, -0.05) is 28.7 Å². The Kier molecular flexibility index (Phi) is 6.44. The summed E-state index contributed by atoms with van der Waals surface area (Å²) in [4.78, 5) is 8.28. The lowest BCUT2D eigenvalue weighted by Crippen LogP contribution is -2.07. The van der Waals surface area contributed by atoms with E-state index >= 15 is 0 Å². The number of alkyl halides is 1. The predicted octanol–water partition coefficient (Wildman–Crippen LogP) is 6.27. The lowest BCUT2D eigenvalue weighted by Gasteiger charge is -2.12. The van der Waals surface area contributed by atoms with E-state index in [2.05, 4.69) is 91.0 Å². The monoisotopic (exact) mass is 518 g/mol. The molecule has 0 spiro atoms. The van der Waals surface area contributed by atoms with Crippen molar-refractivity contribution < 1.29 is 4.74 Å². The number of benzene rings is 2. The van der Waals surface area contributed by atoms with Crippen LogP contribution in [0.1, 0.15) is 34.0 Å². The van der Waals surface area contributed by atoms with Crippen molar-refractivity contribution in [1.29, 1.82) is 0 Å². The van der Waals surface area contributed by atoms with Crippen LogP contribution in [0.3, 0.4) is 0 Å². The van der Waals surface area contributed by atoms with Gasteiger partial charge in [0.25, 0.3) is 0 Å². The van der Waals surface area contributed by atoms with Gasteiger partial charge in [-0.15, -0.1) is 11.3 Å². The molecule has 0 fully saturated rings. The Morgan fingerprint density at radius 2 is 1.97 bits per heavy atom. The molecule has 2 aromatic carbocycles. The Morgan fingerprint density at radius 1 is 1.17 bits per heavy atom. The molecule has 1 aromatic heterocycles. The maximum Gasteiger partial charge on any atom is 0.123 e. The number of fused-ring (bicyclic) bond motifs is 1. The van der Waals surface area contributed by atoms with E-state index in [9.17, 15) is 0 Å². The molecule has 1 atom stereocenters. The van der Waals surface area contributed by atoms with Crippen molar-refractivity contribution in [3.63, 3.8) is 0 Å². The van der Waals surface area contributed by atoms with Gasteiger partial charge >= 0.3 is 0 Å². The predicted molar refractivity (Wildman–Crippen MR) is 132 cm³/mol. The summed E-state index contributed by atoms with van der Waals surface area (Å²) in [7, 11) is 4.12. The molecule has 0 amide bonds. The molecule has 152 valence electrons. The molecular weight excluding hydrogens is 491 g/mol. The number of thiazole rings is 1. The Labute approximate surface area is 191 Å². The second-order valence-corrected chi connectivity index (χ2v) is 9.90. The number of anilines is 1. The lowest BCUT2D eigenvalue weighted by molar-refractivity contribution is 0.320. The van der Waals surface area contributed by atoms with Gasteiger partial charge in [-0.2, -0.15) is 0 Å². The molecule has 0 radical (unpaired) electrons. The number of aryl methyl sites for hydroxylation is 2. The van der Waals surface area contributed by atoms with E-state index in [-0.39, 0.29) is 0 Å². The minimum atomic E-state index is 0.665. The minimum absolute atomic E-state index is 0.665. The third-order valence-corrected chi connectivity index (χ3v) is 7.76. The summed E-state index contributed by atoms with van der Waals surface area (Å²) in [5.41, 5.74) is 6.52. The number of nitrogens with zero attached hydrogens (tertiary/aromatic N) is 2. The van der Waals surface area contributed by atoms with Crippen LogP contribution >= 0.6 is 33.9 Å². The largest absolute Gasteiger partial charge is 0.493 e. The van der Waals surface area contributed by atoms with E-state index in [4.69, 9.17) is 9.72 Å². The molecule has 1 aliphatic rings. The third kappa shape index (κ3) is 4.61. The van der Waals surface area contributed by atoms with Crippen LogP contribution in [0, 0.1) is 6.92 Å². The number of aromatic nitrogens is 1. The van der Waals surface area contributed by atoms with Crippen LogP contribution in [0.5, 0.6) is 5.75 Å². The molecule has 29 heavy (non-hydrogen) atoms. The molecule has 3 nitrogen and oxygen atoms in total. The Bertz CT molecular complexity index is 981. The van der Waals surface area contributed by atoms with Gasteiger partial charge in [0.1, 0.15) is 10.8 Å². The van der Waals surface area contributed by atoms with Crippen LogP contribution in [-0.2, 0) is 12.8 Å². The first-order chi connectivity index (χ1) is 14.0. The van der Waals surface area contributed by atoms with Gasteiger partial charge in [0.05, 0.1) is 12.3 Å². The number of ether oxygens (including phenoxy) is 1. The molecule has 1 aliphatic carbocycles. The molecule has 1 heterocycles. The first-order valence-electron chi connectivity index (χ1n) is 10.1.